The van der Waals surface area contributed by atoms with E-state index in [1.54, 1.807) is 21.3 Å². The van der Waals surface area contributed by atoms with E-state index in [1.807, 2.05) is 23.9 Å². The second-order valence-electron chi connectivity index (χ2n) is 8.21. The molecule has 3 aromatic rings. The minimum atomic E-state index is 0.249. The van der Waals surface area contributed by atoms with E-state index in [-0.39, 0.29) is 6.04 Å². The van der Waals surface area contributed by atoms with Gasteiger partial charge in [0.15, 0.2) is 5.96 Å². The van der Waals surface area contributed by atoms with Crippen LogP contribution in [0.5, 0.6) is 11.5 Å². The molecule has 8 heteroatoms. The molecule has 2 heterocycles. The van der Waals surface area contributed by atoms with E-state index in [2.05, 4.69) is 52.5 Å². The van der Waals surface area contributed by atoms with Crippen molar-refractivity contribution in [2.24, 2.45) is 12.0 Å². The summed E-state index contributed by atoms with van der Waals surface area (Å²) in [5, 5.41) is 12.5. The highest BCUT2D eigenvalue weighted by Crippen LogP contribution is 2.31. The average Bonchev–Trinajstić information content (AvgIpc) is 3.30. The van der Waals surface area contributed by atoms with Crippen LogP contribution in [0.4, 0.5) is 0 Å². The number of aryl methyl sites for hydroxylation is 3. The van der Waals surface area contributed by atoms with Crippen LogP contribution in [0.2, 0.25) is 0 Å². The van der Waals surface area contributed by atoms with Gasteiger partial charge in [-0.1, -0.05) is 0 Å². The minimum absolute atomic E-state index is 0.249. The Bertz CT molecular complexity index is 1080. The van der Waals surface area contributed by atoms with Crippen LogP contribution in [-0.4, -0.2) is 54.6 Å². The third-order valence-corrected chi connectivity index (χ3v) is 5.88. The summed E-state index contributed by atoms with van der Waals surface area (Å²) in [6.07, 6.45) is 2.81. The summed E-state index contributed by atoms with van der Waals surface area (Å²) < 4.78 is 12.8. The van der Waals surface area contributed by atoms with Crippen LogP contribution in [0.15, 0.2) is 23.2 Å². The van der Waals surface area contributed by atoms with Crippen LogP contribution in [0.1, 0.15) is 36.0 Å². The first kappa shape index (κ1) is 23.5. The van der Waals surface area contributed by atoms with E-state index in [4.69, 9.17) is 9.47 Å². The van der Waals surface area contributed by atoms with Gasteiger partial charge in [-0.3, -0.25) is 9.67 Å². The second-order valence-corrected chi connectivity index (χ2v) is 8.21. The Balaban J connectivity index is 1.51. The number of benzene rings is 1. The highest BCUT2D eigenvalue weighted by Gasteiger charge is 2.14. The van der Waals surface area contributed by atoms with Gasteiger partial charge in [0.2, 0.25) is 0 Å². The predicted molar refractivity (Wildman–Crippen MR) is 130 cm³/mol. The molecule has 3 rings (SSSR count). The molecule has 0 aliphatic rings. The molecule has 0 amide bonds. The van der Waals surface area contributed by atoms with Gasteiger partial charge in [0.25, 0.3) is 0 Å². The molecule has 2 aromatic heterocycles. The molecule has 0 fully saturated rings. The van der Waals surface area contributed by atoms with E-state index >= 15 is 0 Å². The fourth-order valence-corrected chi connectivity index (χ4v) is 4.04. The van der Waals surface area contributed by atoms with Crippen molar-refractivity contribution in [2.45, 2.75) is 46.1 Å². The molecular weight excluding hydrogens is 404 g/mol. The van der Waals surface area contributed by atoms with Gasteiger partial charge in [0, 0.05) is 55.6 Å². The van der Waals surface area contributed by atoms with Crippen molar-refractivity contribution in [2.75, 3.05) is 27.8 Å². The number of ether oxygens (including phenoxy) is 2. The van der Waals surface area contributed by atoms with Gasteiger partial charge in [-0.15, -0.1) is 0 Å². The summed E-state index contributed by atoms with van der Waals surface area (Å²) in [6.45, 7) is 7.18. The monoisotopic (exact) mass is 440 g/mol. The quantitative estimate of drug-likeness (QED) is 0.270. The van der Waals surface area contributed by atoms with Crippen molar-refractivity contribution < 1.29 is 9.47 Å². The number of nitrogens with one attached hydrogen (secondary N) is 3. The number of aliphatic imine (C=N–C) groups is 1. The molecule has 0 aliphatic heterocycles. The number of methoxy groups -OCH3 is 2. The molecule has 0 aliphatic carbocycles. The van der Waals surface area contributed by atoms with Crippen molar-refractivity contribution in [3.8, 4) is 11.5 Å². The van der Waals surface area contributed by atoms with Crippen molar-refractivity contribution >= 4 is 16.9 Å². The van der Waals surface area contributed by atoms with E-state index in [9.17, 15) is 0 Å². The van der Waals surface area contributed by atoms with E-state index in [1.165, 1.54) is 17.0 Å². The summed E-state index contributed by atoms with van der Waals surface area (Å²) >= 11 is 0. The van der Waals surface area contributed by atoms with Crippen LogP contribution in [-0.2, 0) is 19.9 Å². The maximum absolute atomic E-state index is 5.51. The number of rotatable bonds is 9. The Hall–Kier alpha value is -3.16. The molecule has 3 N–H and O–H groups in total. The maximum Gasteiger partial charge on any atom is 0.191 e. The topological polar surface area (TPSA) is 88.5 Å². The number of hydrogen-bond donors (Lipinski definition) is 3. The van der Waals surface area contributed by atoms with Gasteiger partial charge in [-0.05, 0) is 51.7 Å². The van der Waals surface area contributed by atoms with Gasteiger partial charge in [0.1, 0.15) is 11.5 Å². The van der Waals surface area contributed by atoms with Gasteiger partial charge in [0.05, 0.1) is 25.4 Å². The lowest BCUT2D eigenvalue weighted by molar-refractivity contribution is 0.398. The van der Waals surface area contributed by atoms with Crippen LogP contribution in [0, 0.1) is 13.8 Å². The first-order valence-electron chi connectivity index (χ1n) is 11.1. The number of fused-ring (bicyclic) bond motifs is 1. The number of aromatic nitrogens is 3. The van der Waals surface area contributed by atoms with Crippen LogP contribution in [0.3, 0.4) is 0 Å². The van der Waals surface area contributed by atoms with Gasteiger partial charge in [-0.25, -0.2) is 0 Å². The zero-order valence-electron chi connectivity index (χ0n) is 20.3. The highest BCUT2D eigenvalue weighted by molar-refractivity contribution is 5.88. The van der Waals surface area contributed by atoms with Gasteiger partial charge < -0.3 is 25.1 Å². The highest BCUT2D eigenvalue weighted by atomic mass is 16.5. The van der Waals surface area contributed by atoms with E-state index in [0.29, 0.717) is 0 Å². The fourth-order valence-electron chi connectivity index (χ4n) is 4.04. The summed E-state index contributed by atoms with van der Waals surface area (Å²) in [7, 11) is 7.14. The summed E-state index contributed by atoms with van der Waals surface area (Å²) in [4.78, 5) is 7.85. The van der Waals surface area contributed by atoms with Crippen molar-refractivity contribution in [1.29, 1.82) is 0 Å². The lowest BCUT2D eigenvalue weighted by atomic mass is 10.1. The Morgan fingerprint density at radius 2 is 2.00 bits per heavy atom. The molecule has 0 spiro atoms. The molecule has 32 heavy (non-hydrogen) atoms. The molecule has 1 aromatic carbocycles. The smallest absolute Gasteiger partial charge is 0.191 e. The first-order valence-corrected chi connectivity index (χ1v) is 11.1. The van der Waals surface area contributed by atoms with Gasteiger partial charge >= 0.3 is 0 Å². The maximum atomic E-state index is 5.51. The molecule has 0 saturated heterocycles. The largest absolute Gasteiger partial charge is 0.497 e. The van der Waals surface area contributed by atoms with Crippen molar-refractivity contribution in [3.05, 3.63) is 40.8 Å². The standard InChI is InChI=1S/C24H36N6O2/c1-15(11-20-16(2)29-30(5)17(20)3)27-24(25-4)26-10-8-9-18-12-21-22(28-18)13-19(31-6)14-23(21)32-7/h12-15,28H,8-11H2,1-7H3,(H2,25,26,27). The van der Waals surface area contributed by atoms with E-state index in [0.717, 1.165) is 59.9 Å². The van der Waals surface area contributed by atoms with Crippen LogP contribution < -0.4 is 20.1 Å². The number of H-pyrrole nitrogens is 1. The molecule has 1 atom stereocenters. The number of nitrogens with zero attached hydrogens (tertiary/aromatic N) is 3. The third kappa shape index (κ3) is 5.36. The molecule has 0 bridgehead atoms. The zero-order valence-corrected chi connectivity index (χ0v) is 20.3. The SMILES string of the molecule is CN=C(NCCCc1cc2c(OC)cc(OC)cc2[nH]1)NC(C)Cc1c(C)nn(C)c1C. The van der Waals surface area contributed by atoms with Crippen molar-refractivity contribution in [3.63, 3.8) is 0 Å². The molecular formula is C24H36N6O2. The number of hydrogen-bond acceptors (Lipinski definition) is 4. The molecule has 0 radical (unpaired) electrons. The molecule has 1 unspecified atom stereocenters. The Labute approximate surface area is 190 Å². The Morgan fingerprint density at radius 1 is 1.22 bits per heavy atom. The minimum Gasteiger partial charge on any atom is -0.497 e. The first-order chi connectivity index (χ1) is 15.4. The Kier molecular flexibility index (Phi) is 7.66. The molecule has 0 saturated carbocycles. The third-order valence-electron chi connectivity index (χ3n) is 5.88. The van der Waals surface area contributed by atoms with Gasteiger partial charge in [-0.2, -0.15) is 5.10 Å². The molecule has 174 valence electrons. The summed E-state index contributed by atoms with van der Waals surface area (Å²) in [5.74, 6) is 2.42. The lowest BCUT2D eigenvalue weighted by Gasteiger charge is -2.18. The summed E-state index contributed by atoms with van der Waals surface area (Å²) in [6, 6.07) is 6.31. The number of aromatic amines is 1. The van der Waals surface area contributed by atoms with Crippen LogP contribution >= 0.6 is 0 Å². The van der Waals surface area contributed by atoms with Crippen molar-refractivity contribution in [1.82, 2.24) is 25.4 Å². The average molecular weight is 441 g/mol. The molecule has 8 nitrogen and oxygen atoms in total. The summed E-state index contributed by atoms with van der Waals surface area (Å²) in [5.41, 5.74) is 5.80. The fraction of sp³-hybridized carbons (Fsp3) is 0.500. The lowest BCUT2D eigenvalue weighted by Crippen LogP contribution is -2.43. The number of guanidine groups is 1. The van der Waals surface area contributed by atoms with E-state index < -0.39 is 0 Å². The second kappa shape index (κ2) is 10.4. The van der Waals surface area contributed by atoms with Crippen LogP contribution in [0.25, 0.3) is 10.9 Å². The Morgan fingerprint density at radius 3 is 2.62 bits per heavy atom. The zero-order chi connectivity index (χ0) is 23.3. The normalized spacial score (nSPS) is 12.8. The predicted octanol–water partition coefficient (Wildman–Crippen LogP) is 3.26.